The molecule has 0 aliphatic carbocycles. The van der Waals surface area contributed by atoms with Gasteiger partial charge in [0.1, 0.15) is 11.4 Å². The highest BCUT2D eigenvalue weighted by Gasteiger charge is 2.05. The molecule has 1 heterocycles. The zero-order valence-corrected chi connectivity index (χ0v) is 12.5. The number of rotatable bonds is 7. The molecular weight excluding hydrogens is 278 g/mol. The van der Waals surface area contributed by atoms with Gasteiger partial charge in [0.2, 0.25) is 0 Å². The number of hydrogen-bond acceptors (Lipinski definition) is 4. The Bertz CT molecular complexity index is 621. The third-order valence-electron chi connectivity index (χ3n) is 3.06. The monoisotopic (exact) mass is 297 g/mol. The number of carbonyl (C=O) groups excluding carboxylic acids is 1. The Hall–Kier alpha value is -2.82. The first-order valence-corrected chi connectivity index (χ1v) is 6.95. The number of benzene rings is 1. The summed E-state index contributed by atoms with van der Waals surface area (Å²) < 4.78 is 5.12. The van der Waals surface area contributed by atoms with E-state index >= 15 is 0 Å². The third kappa shape index (κ3) is 4.34. The molecule has 114 valence electrons. The highest BCUT2D eigenvalue weighted by atomic mass is 16.5. The molecule has 0 spiro atoms. The largest absolute Gasteiger partial charge is 0.497 e. The van der Waals surface area contributed by atoms with Gasteiger partial charge in [-0.3, -0.25) is 4.79 Å². The molecule has 1 aromatic heterocycles. The van der Waals surface area contributed by atoms with Crippen molar-refractivity contribution in [3.63, 3.8) is 0 Å². The molecule has 0 unspecified atom stereocenters. The minimum absolute atomic E-state index is 0.207. The third-order valence-corrected chi connectivity index (χ3v) is 3.06. The number of nitrogens with one attached hydrogen (secondary N) is 2. The minimum atomic E-state index is -0.207. The lowest BCUT2D eigenvalue weighted by Crippen LogP contribution is -2.24. The van der Waals surface area contributed by atoms with Crippen molar-refractivity contribution in [3.05, 3.63) is 66.5 Å². The molecule has 0 atom stereocenters. The Morgan fingerprint density at radius 1 is 1.27 bits per heavy atom. The zero-order chi connectivity index (χ0) is 15.8. The van der Waals surface area contributed by atoms with Crippen LogP contribution in [0.3, 0.4) is 0 Å². The molecule has 5 heteroatoms. The summed E-state index contributed by atoms with van der Waals surface area (Å²) in [6.07, 6.45) is 3.27. The van der Waals surface area contributed by atoms with Crippen molar-refractivity contribution in [1.29, 1.82) is 0 Å². The summed E-state index contributed by atoms with van der Waals surface area (Å²) >= 11 is 0. The maximum absolute atomic E-state index is 11.7. The molecule has 1 aromatic carbocycles. The topological polar surface area (TPSA) is 63.2 Å². The van der Waals surface area contributed by atoms with E-state index in [9.17, 15) is 4.79 Å². The second-order valence-corrected chi connectivity index (χ2v) is 4.63. The Kier molecular flexibility index (Phi) is 5.54. The van der Waals surface area contributed by atoms with Gasteiger partial charge < -0.3 is 15.4 Å². The lowest BCUT2D eigenvalue weighted by Gasteiger charge is -2.08. The van der Waals surface area contributed by atoms with Gasteiger partial charge in [-0.1, -0.05) is 18.2 Å². The maximum atomic E-state index is 11.7. The van der Waals surface area contributed by atoms with Crippen LogP contribution in [0, 0.1) is 0 Å². The van der Waals surface area contributed by atoms with Gasteiger partial charge in [-0.25, -0.2) is 4.98 Å². The van der Waals surface area contributed by atoms with Gasteiger partial charge in [0.15, 0.2) is 0 Å². The predicted molar refractivity (Wildman–Crippen MR) is 87.1 cm³/mol. The van der Waals surface area contributed by atoms with E-state index in [1.807, 2.05) is 30.3 Å². The number of carbonyl (C=O) groups is 1. The Morgan fingerprint density at radius 2 is 2.05 bits per heavy atom. The van der Waals surface area contributed by atoms with Crippen LogP contribution in [0.4, 0.5) is 5.69 Å². The van der Waals surface area contributed by atoms with E-state index in [1.165, 1.54) is 0 Å². The van der Waals surface area contributed by atoms with Crippen molar-refractivity contribution in [2.75, 3.05) is 19.0 Å². The van der Waals surface area contributed by atoms with Crippen molar-refractivity contribution >= 4 is 11.6 Å². The van der Waals surface area contributed by atoms with Crippen LogP contribution in [-0.2, 0) is 6.54 Å². The highest BCUT2D eigenvalue weighted by molar-refractivity contribution is 5.92. The Labute approximate surface area is 130 Å². The average molecular weight is 297 g/mol. The van der Waals surface area contributed by atoms with E-state index < -0.39 is 0 Å². The maximum Gasteiger partial charge on any atom is 0.270 e. The van der Waals surface area contributed by atoms with Crippen molar-refractivity contribution in [2.45, 2.75) is 6.54 Å². The zero-order valence-electron chi connectivity index (χ0n) is 12.5. The number of amides is 1. The summed E-state index contributed by atoms with van der Waals surface area (Å²) in [5.41, 5.74) is 2.38. The SMILES string of the molecule is C=CCNC(=O)c1ccc(NCc2ccc(OC)cc2)cn1. The van der Waals surface area contributed by atoms with E-state index in [0.717, 1.165) is 17.0 Å². The first-order valence-electron chi connectivity index (χ1n) is 6.95. The van der Waals surface area contributed by atoms with Crippen LogP contribution in [0.2, 0.25) is 0 Å². The predicted octanol–water partition coefficient (Wildman–Crippen LogP) is 2.62. The second kappa shape index (κ2) is 7.83. The molecule has 0 saturated heterocycles. The molecule has 0 aliphatic rings. The van der Waals surface area contributed by atoms with Crippen LogP contribution >= 0.6 is 0 Å². The number of anilines is 1. The van der Waals surface area contributed by atoms with E-state index in [4.69, 9.17) is 4.74 Å². The van der Waals surface area contributed by atoms with Gasteiger partial charge in [0.05, 0.1) is 19.0 Å². The first-order chi connectivity index (χ1) is 10.7. The summed E-state index contributed by atoms with van der Waals surface area (Å²) in [5.74, 6) is 0.627. The van der Waals surface area contributed by atoms with Gasteiger partial charge in [-0.05, 0) is 29.8 Å². The average Bonchev–Trinajstić information content (AvgIpc) is 2.58. The van der Waals surface area contributed by atoms with Crippen molar-refractivity contribution < 1.29 is 9.53 Å². The smallest absolute Gasteiger partial charge is 0.270 e. The fourth-order valence-electron chi connectivity index (χ4n) is 1.84. The van der Waals surface area contributed by atoms with E-state index in [2.05, 4.69) is 22.2 Å². The van der Waals surface area contributed by atoms with Crippen molar-refractivity contribution in [3.8, 4) is 5.75 Å². The van der Waals surface area contributed by atoms with E-state index in [0.29, 0.717) is 18.8 Å². The highest BCUT2D eigenvalue weighted by Crippen LogP contribution is 2.13. The Balaban J connectivity index is 1.90. The van der Waals surface area contributed by atoms with Gasteiger partial charge in [0.25, 0.3) is 5.91 Å². The molecule has 2 aromatic rings. The fraction of sp³-hybridized carbons (Fsp3) is 0.176. The standard InChI is InChI=1S/C17H19N3O2/c1-3-10-18-17(21)16-9-6-14(12-20-16)19-11-13-4-7-15(22-2)8-5-13/h3-9,12,19H,1,10-11H2,2H3,(H,18,21). The summed E-state index contributed by atoms with van der Waals surface area (Å²) in [6.45, 7) is 4.65. The molecule has 0 bridgehead atoms. The van der Waals surface area contributed by atoms with Gasteiger partial charge >= 0.3 is 0 Å². The molecule has 2 rings (SSSR count). The van der Waals surface area contributed by atoms with Crippen molar-refractivity contribution in [1.82, 2.24) is 10.3 Å². The first kappa shape index (κ1) is 15.6. The molecule has 1 amide bonds. The molecular formula is C17H19N3O2. The molecule has 22 heavy (non-hydrogen) atoms. The Morgan fingerprint density at radius 3 is 2.64 bits per heavy atom. The molecule has 0 saturated carbocycles. The van der Waals surface area contributed by atoms with Gasteiger partial charge in [-0.15, -0.1) is 6.58 Å². The summed E-state index contributed by atoms with van der Waals surface area (Å²) in [7, 11) is 1.64. The summed E-state index contributed by atoms with van der Waals surface area (Å²) in [4.78, 5) is 15.8. The number of pyridine rings is 1. The lowest BCUT2D eigenvalue weighted by molar-refractivity contribution is 0.0953. The molecule has 5 nitrogen and oxygen atoms in total. The van der Waals surface area contributed by atoms with Crippen LogP contribution in [0.1, 0.15) is 16.1 Å². The number of nitrogens with zero attached hydrogens (tertiary/aromatic N) is 1. The van der Waals surface area contributed by atoms with Gasteiger partial charge in [0, 0.05) is 13.1 Å². The van der Waals surface area contributed by atoms with Crippen LogP contribution in [-0.4, -0.2) is 24.5 Å². The lowest BCUT2D eigenvalue weighted by atomic mass is 10.2. The quantitative estimate of drug-likeness (QED) is 0.771. The number of aromatic nitrogens is 1. The number of ether oxygens (including phenoxy) is 1. The van der Waals surface area contributed by atoms with Crippen LogP contribution in [0.15, 0.2) is 55.3 Å². The van der Waals surface area contributed by atoms with Crippen LogP contribution in [0.5, 0.6) is 5.75 Å². The normalized spacial score (nSPS) is 9.86. The second-order valence-electron chi connectivity index (χ2n) is 4.63. The van der Waals surface area contributed by atoms with Crippen molar-refractivity contribution in [2.24, 2.45) is 0 Å². The molecule has 0 fully saturated rings. The van der Waals surface area contributed by atoms with Gasteiger partial charge in [-0.2, -0.15) is 0 Å². The summed E-state index contributed by atoms with van der Waals surface area (Å²) in [5, 5.41) is 5.94. The molecule has 0 radical (unpaired) electrons. The van der Waals surface area contributed by atoms with Crippen LogP contribution < -0.4 is 15.4 Å². The van der Waals surface area contributed by atoms with Crippen LogP contribution in [0.25, 0.3) is 0 Å². The molecule has 0 aliphatic heterocycles. The molecule has 2 N–H and O–H groups in total. The number of methoxy groups -OCH3 is 1. The van der Waals surface area contributed by atoms with E-state index in [1.54, 1.807) is 25.4 Å². The van der Waals surface area contributed by atoms with E-state index in [-0.39, 0.29) is 5.91 Å². The fourth-order valence-corrected chi connectivity index (χ4v) is 1.84. The number of hydrogen-bond donors (Lipinski definition) is 2. The summed E-state index contributed by atoms with van der Waals surface area (Å²) in [6, 6.07) is 11.4. The minimum Gasteiger partial charge on any atom is -0.497 e.